The number of benzene rings is 3. The molecule has 0 fully saturated rings. The second-order valence-corrected chi connectivity index (χ2v) is 7.95. The fourth-order valence-electron chi connectivity index (χ4n) is 3.56. The molecular weight excluding hydrogens is 362 g/mol. The van der Waals surface area contributed by atoms with Gasteiger partial charge in [0.05, 0.1) is 11.0 Å². The van der Waals surface area contributed by atoms with Crippen LogP contribution in [-0.4, -0.2) is 14.5 Å². The Morgan fingerprint density at radius 1 is 0.929 bits per heavy atom. The van der Waals surface area contributed by atoms with Crippen molar-refractivity contribution in [1.82, 2.24) is 14.5 Å². The second-order valence-electron chi connectivity index (χ2n) is 6.84. The topological polar surface area (TPSA) is 30.7 Å². The molecule has 0 saturated heterocycles. The molecule has 136 valence electrons. The number of nitrogens with zero attached hydrogens (tertiary/aromatic N) is 3. The third-order valence-electron chi connectivity index (χ3n) is 4.96. The van der Waals surface area contributed by atoms with Gasteiger partial charge in [0.25, 0.3) is 0 Å². The minimum atomic E-state index is 0.831. The van der Waals surface area contributed by atoms with Crippen LogP contribution < -0.4 is 0 Å². The molecular formula is C24H19N3S. The van der Waals surface area contributed by atoms with Crippen molar-refractivity contribution in [3.63, 3.8) is 0 Å². The average molecular weight is 382 g/mol. The molecule has 0 aliphatic heterocycles. The average Bonchev–Trinajstić information content (AvgIpc) is 3.04. The molecule has 4 heteroatoms. The highest BCUT2D eigenvalue weighted by molar-refractivity contribution is 7.99. The van der Waals surface area contributed by atoms with E-state index in [1.54, 1.807) is 11.8 Å². The fourth-order valence-corrected chi connectivity index (χ4v) is 4.56. The Labute approximate surface area is 168 Å². The molecule has 0 bridgehead atoms. The summed E-state index contributed by atoms with van der Waals surface area (Å²) in [5.41, 5.74) is 3.50. The summed E-state index contributed by atoms with van der Waals surface area (Å²) in [5, 5.41) is 2.40. The van der Waals surface area contributed by atoms with E-state index in [1.807, 2.05) is 12.4 Å². The highest BCUT2D eigenvalue weighted by Gasteiger charge is 2.10. The van der Waals surface area contributed by atoms with Crippen LogP contribution in [0.4, 0.5) is 0 Å². The Hall–Kier alpha value is -3.11. The Kier molecular flexibility index (Phi) is 4.34. The minimum absolute atomic E-state index is 0.831. The van der Waals surface area contributed by atoms with Crippen molar-refractivity contribution in [3.05, 3.63) is 96.6 Å². The Bertz CT molecular complexity index is 1270. The second kappa shape index (κ2) is 7.13. The fraction of sp³-hybridized carbons (Fsp3) is 0.0833. The van der Waals surface area contributed by atoms with Gasteiger partial charge < -0.3 is 4.57 Å². The molecule has 0 aliphatic carbocycles. The third kappa shape index (κ3) is 3.16. The van der Waals surface area contributed by atoms with Gasteiger partial charge in [-0.1, -0.05) is 54.2 Å². The summed E-state index contributed by atoms with van der Waals surface area (Å²) in [6.45, 7) is 2.91. The van der Waals surface area contributed by atoms with Gasteiger partial charge in [0.1, 0.15) is 5.82 Å². The zero-order chi connectivity index (χ0) is 18.9. The molecule has 0 unspecified atom stereocenters. The largest absolute Gasteiger partial charge is 0.324 e. The molecule has 0 saturated carbocycles. The minimum Gasteiger partial charge on any atom is -0.324 e. The molecule has 3 aromatic carbocycles. The molecule has 0 atom stereocenters. The van der Waals surface area contributed by atoms with Crippen molar-refractivity contribution in [2.75, 3.05) is 0 Å². The van der Waals surface area contributed by atoms with Gasteiger partial charge in [0.2, 0.25) is 0 Å². The van der Waals surface area contributed by atoms with Gasteiger partial charge >= 0.3 is 0 Å². The number of fused-ring (bicyclic) bond motifs is 2. The predicted octanol–water partition coefficient (Wildman–Crippen LogP) is 6.09. The van der Waals surface area contributed by atoms with Gasteiger partial charge in [0.15, 0.2) is 0 Å². The van der Waals surface area contributed by atoms with Crippen molar-refractivity contribution < 1.29 is 0 Å². The molecule has 5 rings (SSSR count). The zero-order valence-electron chi connectivity index (χ0n) is 15.5. The lowest BCUT2D eigenvalue weighted by atomic mass is 10.2. The summed E-state index contributed by atoms with van der Waals surface area (Å²) >= 11 is 1.79. The van der Waals surface area contributed by atoms with Crippen LogP contribution in [0.3, 0.4) is 0 Å². The maximum atomic E-state index is 4.75. The lowest BCUT2D eigenvalue weighted by Crippen LogP contribution is -2.01. The molecule has 28 heavy (non-hydrogen) atoms. The van der Waals surface area contributed by atoms with Crippen LogP contribution in [0.25, 0.3) is 21.8 Å². The number of aromatic nitrogens is 3. The van der Waals surface area contributed by atoms with Gasteiger partial charge in [-0.25, -0.2) is 4.98 Å². The summed E-state index contributed by atoms with van der Waals surface area (Å²) in [5.74, 6) is 1.04. The van der Waals surface area contributed by atoms with E-state index in [1.165, 1.54) is 31.6 Å². The third-order valence-corrected chi connectivity index (χ3v) is 6.03. The molecule has 0 amide bonds. The van der Waals surface area contributed by atoms with E-state index in [4.69, 9.17) is 4.98 Å². The van der Waals surface area contributed by atoms with E-state index in [0.717, 1.165) is 17.9 Å². The Morgan fingerprint density at radius 2 is 1.82 bits per heavy atom. The first kappa shape index (κ1) is 17.0. The van der Waals surface area contributed by atoms with Crippen LogP contribution in [0.15, 0.2) is 95.0 Å². The van der Waals surface area contributed by atoms with Crippen molar-refractivity contribution in [2.45, 2.75) is 23.3 Å². The summed E-state index contributed by atoms with van der Waals surface area (Å²) in [4.78, 5) is 11.4. The highest BCUT2D eigenvalue weighted by Crippen LogP contribution is 2.34. The molecule has 2 aromatic heterocycles. The number of aryl methyl sites for hydroxylation is 1. The van der Waals surface area contributed by atoms with Crippen molar-refractivity contribution >= 4 is 33.6 Å². The van der Waals surface area contributed by atoms with Gasteiger partial charge in [-0.05, 0) is 48.2 Å². The quantitative estimate of drug-likeness (QED) is 0.377. The maximum Gasteiger partial charge on any atom is 0.107 e. The van der Waals surface area contributed by atoms with Gasteiger partial charge in [-0.2, -0.15) is 0 Å². The summed E-state index contributed by atoms with van der Waals surface area (Å²) in [7, 11) is 0. The van der Waals surface area contributed by atoms with Crippen molar-refractivity contribution in [3.8, 4) is 0 Å². The van der Waals surface area contributed by atoms with E-state index in [9.17, 15) is 0 Å². The molecule has 0 spiro atoms. The van der Waals surface area contributed by atoms with Crippen LogP contribution in [0.1, 0.15) is 11.4 Å². The van der Waals surface area contributed by atoms with E-state index < -0.39 is 0 Å². The molecule has 5 aromatic rings. The number of pyridine rings is 1. The number of imidazole rings is 1. The number of hydrogen-bond acceptors (Lipinski definition) is 3. The first-order valence-electron chi connectivity index (χ1n) is 9.29. The lowest BCUT2D eigenvalue weighted by molar-refractivity contribution is 0.785. The summed E-state index contributed by atoms with van der Waals surface area (Å²) in [6.07, 6.45) is 3.77. The smallest absolute Gasteiger partial charge is 0.107 e. The SMILES string of the molecule is Cc1nc2ccc(Sc3cccc4cnccc34)cc2n1Cc1ccccc1. The maximum absolute atomic E-state index is 4.75. The normalized spacial score (nSPS) is 11.3. The predicted molar refractivity (Wildman–Crippen MR) is 116 cm³/mol. The van der Waals surface area contributed by atoms with Crippen LogP contribution in [-0.2, 0) is 6.54 Å². The zero-order valence-corrected chi connectivity index (χ0v) is 16.4. The Balaban J connectivity index is 1.55. The van der Waals surface area contributed by atoms with Crippen LogP contribution in [0, 0.1) is 6.92 Å². The molecule has 0 N–H and O–H groups in total. The van der Waals surface area contributed by atoms with E-state index in [-0.39, 0.29) is 0 Å². The van der Waals surface area contributed by atoms with E-state index in [2.05, 4.69) is 89.3 Å². The number of rotatable bonds is 4. The van der Waals surface area contributed by atoms with Crippen LogP contribution >= 0.6 is 11.8 Å². The molecule has 0 radical (unpaired) electrons. The lowest BCUT2D eigenvalue weighted by Gasteiger charge is -2.09. The molecule has 0 aliphatic rings. The van der Waals surface area contributed by atoms with E-state index >= 15 is 0 Å². The number of hydrogen-bond donors (Lipinski definition) is 0. The van der Waals surface area contributed by atoms with Gasteiger partial charge in [-0.15, -0.1) is 0 Å². The monoisotopic (exact) mass is 381 g/mol. The van der Waals surface area contributed by atoms with Crippen molar-refractivity contribution in [2.24, 2.45) is 0 Å². The van der Waals surface area contributed by atoms with Crippen molar-refractivity contribution in [1.29, 1.82) is 0 Å². The first-order valence-corrected chi connectivity index (χ1v) is 10.1. The standard InChI is InChI=1S/C24H19N3S/c1-17-26-22-11-10-20(14-23(22)27(17)16-18-6-3-2-4-7-18)28-24-9-5-8-19-15-25-13-12-21(19)24/h2-15H,16H2,1H3. The molecule has 2 heterocycles. The van der Waals surface area contributed by atoms with Gasteiger partial charge in [0, 0.05) is 34.1 Å². The Morgan fingerprint density at radius 3 is 2.71 bits per heavy atom. The first-order chi connectivity index (χ1) is 13.8. The van der Waals surface area contributed by atoms with Crippen LogP contribution in [0.2, 0.25) is 0 Å². The summed E-state index contributed by atoms with van der Waals surface area (Å²) < 4.78 is 2.29. The molecule has 3 nitrogen and oxygen atoms in total. The van der Waals surface area contributed by atoms with Crippen LogP contribution in [0.5, 0.6) is 0 Å². The summed E-state index contributed by atoms with van der Waals surface area (Å²) in [6, 6.07) is 25.5. The van der Waals surface area contributed by atoms with Gasteiger partial charge in [-0.3, -0.25) is 4.98 Å². The highest BCUT2D eigenvalue weighted by atomic mass is 32.2. The van der Waals surface area contributed by atoms with E-state index in [0.29, 0.717) is 0 Å².